The molecule has 0 atom stereocenters. The van der Waals surface area contributed by atoms with E-state index in [1.54, 1.807) is 0 Å². The van der Waals surface area contributed by atoms with Crippen LogP contribution in [0, 0.1) is 0 Å². The van der Waals surface area contributed by atoms with Gasteiger partial charge in [0, 0.05) is 25.7 Å². The van der Waals surface area contributed by atoms with Gasteiger partial charge in [-0.3, -0.25) is 4.99 Å². The summed E-state index contributed by atoms with van der Waals surface area (Å²) in [5.74, 6) is 0. The van der Waals surface area contributed by atoms with E-state index < -0.39 is 0 Å². The van der Waals surface area contributed by atoms with Crippen molar-refractivity contribution >= 4 is 11.9 Å². The molecule has 0 aliphatic carbocycles. The van der Waals surface area contributed by atoms with Gasteiger partial charge in [-0.05, 0) is 6.08 Å². The zero-order valence-electron chi connectivity index (χ0n) is 7.77. The smallest absolute Gasteiger partial charge is 0.100 e. The van der Waals surface area contributed by atoms with Gasteiger partial charge in [0.1, 0.15) is 5.69 Å². The number of allylic oxidation sites excluding steroid dienone is 1. The van der Waals surface area contributed by atoms with Crippen molar-refractivity contribution in [2.45, 2.75) is 13.0 Å². The Labute approximate surface area is 81.5 Å². The van der Waals surface area contributed by atoms with Crippen LogP contribution in [0.25, 0.3) is 5.70 Å². The number of aromatic nitrogens is 3. The van der Waals surface area contributed by atoms with Crippen LogP contribution in [0.5, 0.6) is 0 Å². The lowest BCUT2D eigenvalue weighted by atomic mass is 10.2. The van der Waals surface area contributed by atoms with Crippen molar-refractivity contribution < 1.29 is 0 Å². The topological polar surface area (TPSA) is 55.1 Å². The molecule has 3 heterocycles. The summed E-state index contributed by atoms with van der Waals surface area (Å²) in [5.41, 5.74) is 3.44. The lowest BCUT2D eigenvalue weighted by Crippen LogP contribution is -2.25. The number of rotatable bonds is 1. The van der Waals surface area contributed by atoms with Crippen LogP contribution in [-0.2, 0) is 13.0 Å². The standard InChI is InChI=1S/C9H11N5/c1-3-10-5-7(1)14-9-2-4-11-6-8(9)12-13-14/h1,3,11H,2,4-6H2. The number of aliphatic imine (C=N–C) groups is 1. The Morgan fingerprint density at radius 2 is 2.43 bits per heavy atom. The number of nitrogens with one attached hydrogen (secondary N) is 1. The number of hydrogen-bond donors (Lipinski definition) is 1. The Morgan fingerprint density at radius 3 is 3.29 bits per heavy atom. The quantitative estimate of drug-likeness (QED) is 0.668. The summed E-state index contributed by atoms with van der Waals surface area (Å²) in [6.45, 7) is 2.57. The molecule has 1 aromatic heterocycles. The van der Waals surface area contributed by atoms with Gasteiger partial charge in [-0.25, -0.2) is 4.68 Å². The SMILES string of the molecule is C1=NCC(n2nnc3c2CCNC3)=C1. The molecule has 0 spiro atoms. The monoisotopic (exact) mass is 189 g/mol. The van der Waals surface area contributed by atoms with Gasteiger partial charge in [0.25, 0.3) is 0 Å². The fourth-order valence-electron chi connectivity index (χ4n) is 1.84. The normalized spacial score (nSPS) is 19.6. The Hall–Kier alpha value is -1.49. The third-order valence-corrected chi connectivity index (χ3v) is 2.57. The van der Waals surface area contributed by atoms with Gasteiger partial charge >= 0.3 is 0 Å². The fourth-order valence-corrected chi connectivity index (χ4v) is 1.84. The summed E-state index contributed by atoms with van der Waals surface area (Å²) in [6.07, 6.45) is 4.82. The molecule has 0 aromatic carbocycles. The maximum Gasteiger partial charge on any atom is 0.100 e. The second-order valence-electron chi connectivity index (χ2n) is 3.47. The van der Waals surface area contributed by atoms with Crippen molar-refractivity contribution in [1.82, 2.24) is 20.3 Å². The summed E-state index contributed by atoms with van der Waals surface area (Å²) in [5, 5.41) is 11.6. The lowest BCUT2D eigenvalue weighted by Gasteiger charge is -2.13. The van der Waals surface area contributed by atoms with E-state index in [9.17, 15) is 0 Å². The largest absolute Gasteiger partial charge is 0.311 e. The first-order valence-corrected chi connectivity index (χ1v) is 4.79. The maximum absolute atomic E-state index is 4.16. The molecule has 14 heavy (non-hydrogen) atoms. The summed E-state index contributed by atoms with van der Waals surface area (Å²) >= 11 is 0. The van der Waals surface area contributed by atoms with Crippen LogP contribution in [0.2, 0.25) is 0 Å². The van der Waals surface area contributed by atoms with Crippen molar-refractivity contribution in [3.05, 3.63) is 17.5 Å². The predicted molar refractivity (Wildman–Crippen MR) is 53.1 cm³/mol. The van der Waals surface area contributed by atoms with Crippen LogP contribution >= 0.6 is 0 Å². The molecule has 0 saturated heterocycles. The van der Waals surface area contributed by atoms with E-state index in [2.05, 4.69) is 20.6 Å². The van der Waals surface area contributed by atoms with Crippen molar-refractivity contribution in [2.75, 3.05) is 13.1 Å². The lowest BCUT2D eigenvalue weighted by molar-refractivity contribution is 0.620. The van der Waals surface area contributed by atoms with Crippen LogP contribution < -0.4 is 5.32 Å². The molecule has 0 unspecified atom stereocenters. The molecule has 0 bridgehead atoms. The average molecular weight is 189 g/mol. The highest BCUT2D eigenvalue weighted by Crippen LogP contribution is 2.16. The zero-order valence-corrected chi connectivity index (χ0v) is 7.77. The van der Waals surface area contributed by atoms with E-state index in [0.717, 1.165) is 37.4 Å². The molecule has 2 aliphatic rings. The number of hydrogen-bond acceptors (Lipinski definition) is 4. The van der Waals surface area contributed by atoms with Crippen LogP contribution in [0.1, 0.15) is 11.4 Å². The van der Waals surface area contributed by atoms with E-state index in [4.69, 9.17) is 0 Å². The summed E-state index contributed by atoms with van der Waals surface area (Å²) in [6, 6.07) is 0. The molecule has 0 fully saturated rings. The first-order chi connectivity index (χ1) is 6.95. The van der Waals surface area contributed by atoms with Gasteiger partial charge in [-0.2, -0.15) is 0 Å². The van der Waals surface area contributed by atoms with Crippen LogP contribution in [0.3, 0.4) is 0 Å². The van der Waals surface area contributed by atoms with Gasteiger partial charge in [0.05, 0.1) is 17.9 Å². The van der Waals surface area contributed by atoms with Crippen molar-refractivity contribution in [1.29, 1.82) is 0 Å². The minimum Gasteiger partial charge on any atom is -0.311 e. The van der Waals surface area contributed by atoms with Gasteiger partial charge in [0.2, 0.25) is 0 Å². The third kappa shape index (κ3) is 1.09. The molecule has 2 aliphatic heterocycles. The minimum absolute atomic E-state index is 0.725. The average Bonchev–Trinajstić information content (AvgIpc) is 2.85. The first-order valence-electron chi connectivity index (χ1n) is 4.79. The summed E-state index contributed by atoms with van der Waals surface area (Å²) in [4.78, 5) is 4.15. The third-order valence-electron chi connectivity index (χ3n) is 2.57. The molecular formula is C9H11N5. The summed E-state index contributed by atoms with van der Waals surface area (Å²) in [7, 11) is 0. The minimum atomic E-state index is 0.725. The highest BCUT2D eigenvalue weighted by molar-refractivity contribution is 5.84. The van der Waals surface area contributed by atoms with E-state index >= 15 is 0 Å². The molecule has 1 aromatic rings. The van der Waals surface area contributed by atoms with Gasteiger partial charge in [-0.15, -0.1) is 5.10 Å². The number of nitrogens with zero attached hydrogens (tertiary/aromatic N) is 4. The highest BCUT2D eigenvalue weighted by atomic mass is 15.4. The highest BCUT2D eigenvalue weighted by Gasteiger charge is 2.18. The van der Waals surface area contributed by atoms with Crippen LogP contribution in [0.15, 0.2) is 11.1 Å². The van der Waals surface area contributed by atoms with Gasteiger partial charge in [0.15, 0.2) is 0 Å². The summed E-state index contributed by atoms with van der Waals surface area (Å²) < 4.78 is 1.93. The Morgan fingerprint density at radius 1 is 1.43 bits per heavy atom. The van der Waals surface area contributed by atoms with Crippen LogP contribution in [-0.4, -0.2) is 34.3 Å². The van der Waals surface area contributed by atoms with Crippen molar-refractivity contribution in [3.8, 4) is 0 Å². The molecule has 0 saturated carbocycles. The maximum atomic E-state index is 4.16. The van der Waals surface area contributed by atoms with E-state index in [-0.39, 0.29) is 0 Å². The molecule has 0 radical (unpaired) electrons. The second kappa shape index (κ2) is 3.02. The van der Waals surface area contributed by atoms with Gasteiger partial charge < -0.3 is 5.32 Å². The molecule has 5 heteroatoms. The molecule has 0 amide bonds. The van der Waals surface area contributed by atoms with Crippen LogP contribution in [0.4, 0.5) is 0 Å². The van der Waals surface area contributed by atoms with E-state index in [1.807, 2.05) is 17.0 Å². The molecule has 1 N–H and O–H groups in total. The Bertz CT molecular complexity index is 415. The number of fused-ring (bicyclic) bond motifs is 1. The van der Waals surface area contributed by atoms with Gasteiger partial charge in [-0.1, -0.05) is 5.21 Å². The Balaban J connectivity index is 2.02. The first kappa shape index (κ1) is 7.87. The second-order valence-corrected chi connectivity index (χ2v) is 3.47. The molecule has 72 valence electrons. The molecular weight excluding hydrogens is 178 g/mol. The van der Waals surface area contributed by atoms with E-state index in [1.165, 1.54) is 5.69 Å². The van der Waals surface area contributed by atoms with E-state index in [0.29, 0.717) is 0 Å². The predicted octanol–water partition coefficient (Wildman–Crippen LogP) is -0.151. The molecule has 3 rings (SSSR count). The van der Waals surface area contributed by atoms with Crippen molar-refractivity contribution in [2.24, 2.45) is 4.99 Å². The molecule has 5 nitrogen and oxygen atoms in total. The fraction of sp³-hybridized carbons (Fsp3) is 0.444. The van der Waals surface area contributed by atoms with Crippen molar-refractivity contribution in [3.63, 3.8) is 0 Å². The Kier molecular flexibility index (Phi) is 1.70. The zero-order chi connectivity index (χ0) is 9.38.